The molecule has 0 N–H and O–H groups in total. The van der Waals surface area contributed by atoms with Crippen molar-refractivity contribution in [3.63, 3.8) is 0 Å². The van der Waals surface area contributed by atoms with Gasteiger partial charge in [0.2, 0.25) is 0 Å². The molecule has 0 aliphatic heterocycles. The molecule has 6 nitrogen and oxygen atoms in total. The first-order chi connectivity index (χ1) is 24.7. The number of nitrogens with zero attached hydrogens (tertiary/aromatic N) is 4. The summed E-state index contributed by atoms with van der Waals surface area (Å²) in [5, 5.41) is 27.6. The lowest BCUT2D eigenvalue weighted by Gasteiger charge is -2.09. The molecule has 11 aromatic rings. The maximum Gasteiger partial charge on any atom is 0.145 e. The number of hydrogen-bond acceptors (Lipinski definition) is 4. The van der Waals surface area contributed by atoms with Crippen LogP contribution in [0.1, 0.15) is 11.1 Å². The third kappa shape index (κ3) is 3.49. The van der Waals surface area contributed by atoms with Crippen LogP contribution >= 0.6 is 0 Å². The van der Waals surface area contributed by atoms with Gasteiger partial charge in [-0.15, -0.1) is 0 Å². The van der Waals surface area contributed by atoms with Gasteiger partial charge in [-0.2, -0.15) is 10.5 Å². The van der Waals surface area contributed by atoms with Gasteiger partial charge in [-0.3, -0.25) is 0 Å². The molecule has 0 bridgehead atoms. The Balaban J connectivity index is 1.16. The van der Waals surface area contributed by atoms with Crippen LogP contribution in [-0.2, 0) is 0 Å². The molecule has 0 amide bonds. The highest BCUT2D eigenvalue weighted by Gasteiger charge is 2.20. The minimum Gasteiger partial charge on any atom is -0.456 e. The van der Waals surface area contributed by atoms with Gasteiger partial charge < -0.3 is 18.0 Å². The standard InChI is InChI=1S/C44H22N4O2/c45-23-25-9-14-37-32(19-25)33-20-26(24-46)10-15-38(33)47(37)27-11-17-41-34(21-27)35-22-28(12-18-42(35)49-41)48-36-7-3-1-6-31(36)43-39(48)16-13-30-29-5-2-4-8-40(29)50-44(30)43/h1-22H. The summed E-state index contributed by atoms with van der Waals surface area (Å²) in [5.41, 5.74) is 10.6. The molecule has 0 unspecified atom stereocenters. The van der Waals surface area contributed by atoms with Crippen LogP contribution in [0.25, 0.3) is 98.9 Å². The topological polar surface area (TPSA) is 83.7 Å². The number of benzene rings is 7. The average molecular weight is 639 g/mol. The predicted molar refractivity (Wildman–Crippen MR) is 199 cm³/mol. The molecule has 0 aliphatic rings. The summed E-state index contributed by atoms with van der Waals surface area (Å²) < 4.78 is 17.4. The van der Waals surface area contributed by atoms with E-state index in [4.69, 9.17) is 8.83 Å². The van der Waals surface area contributed by atoms with Gasteiger partial charge in [0.05, 0.1) is 50.7 Å². The van der Waals surface area contributed by atoms with E-state index >= 15 is 0 Å². The third-order valence-corrected chi connectivity index (χ3v) is 10.2. The second-order valence-electron chi connectivity index (χ2n) is 12.8. The zero-order chi connectivity index (χ0) is 33.1. The molecule has 230 valence electrons. The van der Waals surface area contributed by atoms with Crippen molar-refractivity contribution < 1.29 is 8.83 Å². The second-order valence-corrected chi connectivity index (χ2v) is 12.8. The normalized spacial score (nSPS) is 12.0. The Labute approximate surface area is 283 Å². The molecule has 0 radical (unpaired) electrons. The maximum absolute atomic E-state index is 9.65. The summed E-state index contributed by atoms with van der Waals surface area (Å²) in [6.45, 7) is 0. The molecular formula is C44H22N4O2. The van der Waals surface area contributed by atoms with E-state index in [1.807, 2.05) is 54.6 Å². The second kappa shape index (κ2) is 9.64. The molecule has 50 heavy (non-hydrogen) atoms. The number of fused-ring (bicyclic) bond motifs is 13. The highest BCUT2D eigenvalue weighted by molar-refractivity contribution is 6.24. The van der Waals surface area contributed by atoms with Gasteiger partial charge in [-0.1, -0.05) is 36.4 Å². The third-order valence-electron chi connectivity index (χ3n) is 10.2. The van der Waals surface area contributed by atoms with Crippen molar-refractivity contribution in [2.75, 3.05) is 0 Å². The molecule has 0 saturated carbocycles. The molecule has 6 heteroatoms. The number of aromatic nitrogens is 2. The minimum absolute atomic E-state index is 0.578. The summed E-state index contributed by atoms with van der Waals surface area (Å²) in [7, 11) is 0. The summed E-state index contributed by atoms with van der Waals surface area (Å²) in [4.78, 5) is 0. The van der Waals surface area contributed by atoms with Gasteiger partial charge in [0.25, 0.3) is 0 Å². The van der Waals surface area contributed by atoms with Crippen LogP contribution in [0.3, 0.4) is 0 Å². The Bertz CT molecular complexity index is 3280. The monoisotopic (exact) mass is 638 g/mol. The highest BCUT2D eigenvalue weighted by Crippen LogP contribution is 2.42. The Morgan fingerprint density at radius 3 is 1.60 bits per heavy atom. The van der Waals surface area contributed by atoms with E-state index in [1.165, 1.54) is 0 Å². The van der Waals surface area contributed by atoms with Gasteiger partial charge in [-0.25, -0.2) is 0 Å². The van der Waals surface area contributed by atoms with Crippen molar-refractivity contribution in [2.45, 2.75) is 0 Å². The van der Waals surface area contributed by atoms with Crippen molar-refractivity contribution in [3.8, 4) is 23.5 Å². The van der Waals surface area contributed by atoms with Crippen molar-refractivity contribution in [1.82, 2.24) is 9.13 Å². The number of furan rings is 2. The molecule has 0 fully saturated rings. The predicted octanol–water partition coefficient (Wildman–Crippen LogP) is 11.4. The molecule has 4 aromatic heterocycles. The molecule has 11 rings (SSSR count). The zero-order valence-electron chi connectivity index (χ0n) is 26.3. The summed E-state index contributed by atoms with van der Waals surface area (Å²) in [6, 6.07) is 49.7. The minimum atomic E-state index is 0.578. The molecule has 7 aromatic carbocycles. The van der Waals surface area contributed by atoms with Crippen LogP contribution in [0, 0.1) is 22.7 Å². The van der Waals surface area contributed by atoms with E-state index in [0.717, 1.165) is 98.9 Å². The Morgan fingerprint density at radius 2 is 0.940 bits per heavy atom. The summed E-state index contributed by atoms with van der Waals surface area (Å²) >= 11 is 0. The van der Waals surface area contributed by atoms with Crippen molar-refractivity contribution >= 4 is 87.5 Å². The lowest BCUT2D eigenvalue weighted by atomic mass is 10.1. The van der Waals surface area contributed by atoms with Gasteiger partial charge >= 0.3 is 0 Å². The lowest BCUT2D eigenvalue weighted by Crippen LogP contribution is -1.94. The first-order valence-electron chi connectivity index (χ1n) is 16.4. The van der Waals surface area contributed by atoms with E-state index in [-0.39, 0.29) is 0 Å². The zero-order valence-corrected chi connectivity index (χ0v) is 26.3. The van der Waals surface area contributed by atoms with Crippen molar-refractivity contribution in [3.05, 3.63) is 145 Å². The largest absolute Gasteiger partial charge is 0.456 e. The van der Waals surface area contributed by atoms with E-state index in [2.05, 4.69) is 100 Å². The molecule has 4 heterocycles. The van der Waals surface area contributed by atoms with Crippen LogP contribution in [0.5, 0.6) is 0 Å². The van der Waals surface area contributed by atoms with Crippen LogP contribution < -0.4 is 0 Å². The van der Waals surface area contributed by atoms with Gasteiger partial charge in [0.15, 0.2) is 0 Å². The van der Waals surface area contributed by atoms with E-state index in [1.54, 1.807) is 0 Å². The molecule has 0 atom stereocenters. The van der Waals surface area contributed by atoms with Crippen LogP contribution in [0.15, 0.2) is 142 Å². The molecule has 0 aliphatic carbocycles. The number of nitriles is 2. The fourth-order valence-electron chi connectivity index (χ4n) is 7.99. The van der Waals surface area contributed by atoms with Crippen molar-refractivity contribution in [2.24, 2.45) is 0 Å². The maximum atomic E-state index is 9.65. The molecular weight excluding hydrogens is 617 g/mol. The fourth-order valence-corrected chi connectivity index (χ4v) is 7.99. The quantitative estimate of drug-likeness (QED) is 0.189. The SMILES string of the molecule is N#Cc1ccc2c(c1)c1cc(C#N)ccc1n2-c1ccc2oc3ccc(-n4c5ccccc5c5c6oc7ccccc7c6ccc54)cc3c2c1. The van der Waals surface area contributed by atoms with Gasteiger partial charge in [-0.05, 0) is 97.1 Å². The molecule has 0 spiro atoms. The smallest absolute Gasteiger partial charge is 0.145 e. The highest BCUT2D eigenvalue weighted by atomic mass is 16.3. The van der Waals surface area contributed by atoms with E-state index < -0.39 is 0 Å². The first-order valence-corrected chi connectivity index (χ1v) is 16.4. The fraction of sp³-hybridized carbons (Fsp3) is 0. The van der Waals surface area contributed by atoms with Gasteiger partial charge in [0, 0.05) is 49.1 Å². The Hall–Kier alpha value is -7.28. The summed E-state index contributed by atoms with van der Waals surface area (Å²) in [5.74, 6) is 0. The summed E-state index contributed by atoms with van der Waals surface area (Å²) in [6.07, 6.45) is 0. The first kappa shape index (κ1) is 26.8. The lowest BCUT2D eigenvalue weighted by molar-refractivity contribution is 0.668. The Kier molecular flexibility index (Phi) is 5.16. The molecule has 0 saturated heterocycles. The number of hydrogen-bond donors (Lipinski definition) is 0. The van der Waals surface area contributed by atoms with Gasteiger partial charge in [0.1, 0.15) is 22.3 Å². The average Bonchev–Trinajstić information content (AvgIpc) is 3.91. The van der Waals surface area contributed by atoms with E-state index in [0.29, 0.717) is 11.1 Å². The van der Waals surface area contributed by atoms with Crippen LogP contribution in [0.4, 0.5) is 0 Å². The van der Waals surface area contributed by atoms with Crippen LogP contribution in [-0.4, -0.2) is 9.13 Å². The van der Waals surface area contributed by atoms with Crippen molar-refractivity contribution in [1.29, 1.82) is 10.5 Å². The van der Waals surface area contributed by atoms with Crippen LogP contribution in [0.2, 0.25) is 0 Å². The van der Waals surface area contributed by atoms with E-state index in [9.17, 15) is 10.5 Å². The number of para-hydroxylation sites is 2. The number of rotatable bonds is 2. The Morgan fingerprint density at radius 1 is 0.400 bits per heavy atom.